The molecule has 2 aromatic carbocycles. The maximum atomic E-state index is 14.3. The maximum absolute atomic E-state index is 14.3. The van der Waals surface area contributed by atoms with Gasteiger partial charge in [-0.3, -0.25) is 0 Å². The third-order valence-corrected chi connectivity index (χ3v) is 5.34. The molecular formula is C21H16ClF5N2. The lowest BCUT2D eigenvalue weighted by Gasteiger charge is -2.19. The Balaban J connectivity index is 1.61. The Morgan fingerprint density at radius 2 is 1.76 bits per heavy atom. The Hall–Kier alpha value is -2.41. The zero-order valence-corrected chi connectivity index (χ0v) is 15.8. The van der Waals surface area contributed by atoms with Crippen LogP contribution in [0.15, 0.2) is 48.7 Å². The van der Waals surface area contributed by atoms with Crippen molar-refractivity contribution in [2.45, 2.75) is 31.5 Å². The van der Waals surface area contributed by atoms with Crippen molar-refractivity contribution in [1.82, 2.24) is 4.98 Å². The fraction of sp³-hybridized carbons (Fsp3) is 0.286. The minimum absolute atomic E-state index is 0.0370. The second-order valence-corrected chi connectivity index (χ2v) is 7.54. The van der Waals surface area contributed by atoms with Gasteiger partial charge in [0.2, 0.25) is 0 Å². The zero-order chi connectivity index (χ0) is 20.8. The minimum atomic E-state index is -4.61. The molecule has 8 heteroatoms. The normalized spacial score (nSPS) is 15.0. The van der Waals surface area contributed by atoms with E-state index in [4.69, 9.17) is 11.6 Å². The van der Waals surface area contributed by atoms with Crippen LogP contribution < -0.4 is 5.32 Å². The predicted octanol–water partition coefficient (Wildman–Crippen LogP) is 7.02. The molecule has 1 saturated carbocycles. The SMILES string of the molecule is FC(F)(F)c1c(NCc2ccc(C(F)(F)C3CC3)c(Cl)c2)ncc2ccccc12. The molecule has 1 aromatic heterocycles. The van der Waals surface area contributed by atoms with Crippen molar-refractivity contribution >= 4 is 28.2 Å². The van der Waals surface area contributed by atoms with Gasteiger partial charge in [-0.05, 0) is 29.9 Å². The molecule has 0 unspecified atom stereocenters. The van der Waals surface area contributed by atoms with Crippen LogP contribution in [0.1, 0.15) is 29.5 Å². The average molecular weight is 427 g/mol. The highest BCUT2D eigenvalue weighted by Crippen LogP contribution is 2.51. The molecule has 1 N–H and O–H groups in total. The van der Waals surface area contributed by atoms with Gasteiger partial charge in [0.25, 0.3) is 5.92 Å². The van der Waals surface area contributed by atoms with Gasteiger partial charge in [0.05, 0.1) is 5.02 Å². The van der Waals surface area contributed by atoms with Crippen molar-refractivity contribution in [3.8, 4) is 0 Å². The number of anilines is 1. The maximum Gasteiger partial charge on any atom is 0.420 e. The smallest absolute Gasteiger partial charge is 0.365 e. The molecule has 29 heavy (non-hydrogen) atoms. The monoisotopic (exact) mass is 426 g/mol. The lowest BCUT2D eigenvalue weighted by Crippen LogP contribution is -2.17. The van der Waals surface area contributed by atoms with Crippen LogP contribution >= 0.6 is 11.6 Å². The largest absolute Gasteiger partial charge is 0.420 e. The lowest BCUT2D eigenvalue weighted by atomic mass is 10.0. The third-order valence-electron chi connectivity index (χ3n) is 5.03. The molecule has 0 atom stereocenters. The molecule has 0 bridgehead atoms. The minimum Gasteiger partial charge on any atom is -0.365 e. The van der Waals surface area contributed by atoms with Crippen molar-refractivity contribution < 1.29 is 22.0 Å². The number of nitrogens with one attached hydrogen (secondary N) is 1. The van der Waals surface area contributed by atoms with Crippen molar-refractivity contribution in [2.75, 3.05) is 5.32 Å². The highest BCUT2D eigenvalue weighted by Gasteiger charge is 2.49. The Morgan fingerprint density at radius 3 is 2.41 bits per heavy atom. The first-order chi connectivity index (χ1) is 13.7. The Morgan fingerprint density at radius 1 is 1.03 bits per heavy atom. The first-order valence-corrected chi connectivity index (χ1v) is 9.41. The Bertz CT molecular complexity index is 1060. The summed E-state index contributed by atoms with van der Waals surface area (Å²) < 4.78 is 69.5. The molecule has 4 rings (SSSR count). The van der Waals surface area contributed by atoms with Crippen molar-refractivity contribution in [2.24, 2.45) is 5.92 Å². The number of hydrogen-bond acceptors (Lipinski definition) is 2. The van der Waals surface area contributed by atoms with Crippen molar-refractivity contribution in [3.05, 3.63) is 70.4 Å². The van der Waals surface area contributed by atoms with Crippen LogP contribution in [0.5, 0.6) is 0 Å². The highest BCUT2D eigenvalue weighted by molar-refractivity contribution is 6.31. The standard InChI is InChI=1S/C21H16ClF5N2/c22-17-9-12(5-8-16(17)20(23,24)14-6-7-14)10-28-19-18(21(25,26)27)15-4-2-1-3-13(15)11-29-19/h1-5,8-9,11,14H,6-7,10H2,(H,28,29). The molecule has 1 aliphatic rings. The highest BCUT2D eigenvalue weighted by atomic mass is 35.5. The third kappa shape index (κ3) is 3.88. The van der Waals surface area contributed by atoms with Gasteiger partial charge in [-0.1, -0.05) is 48.0 Å². The van der Waals surface area contributed by atoms with E-state index in [0.717, 1.165) is 0 Å². The number of fused-ring (bicyclic) bond motifs is 1. The molecule has 0 radical (unpaired) electrons. The summed E-state index contributed by atoms with van der Waals surface area (Å²) in [6.45, 7) is -0.0383. The molecule has 3 aromatic rings. The molecule has 0 amide bonds. The van der Waals surface area contributed by atoms with Crippen molar-refractivity contribution in [3.63, 3.8) is 0 Å². The fourth-order valence-corrected chi connectivity index (χ4v) is 3.70. The number of pyridine rings is 1. The van der Waals surface area contributed by atoms with E-state index in [-0.39, 0.29) is 28.3 Å². The van der Waals surface area contributed by atoms with E-state index in [2.05, 4.69) is 10.3 Å². The summed E-state index contributed by atoms with van der Waals surface area (Å²) in [5, 5.41) is 2.99. The number of alkyl halides is 5. The molecule has 1 aliphatic carbocycles. The van der Waals surface area contributed by atoms with Crippen LogP contribution in [0.3, 0.4) is 0 Å². The fourth-order valence-electron chi connectivity index (χ4n) is 3.37. The molecule has 0 aliphatic heterocycles. The van der Waals surface area contributed by atoms with Crippen LogP contribution in [-0.4, -0.2) is 4.98 Å². The molecule has 0 saturated heterocycles. The molecule has 2 nitrogen and oxygen atoms in total. The predicted molar refractivity (Wildman–Crippen MR) is 102 cm³/mol. The zero-order valence-electron chi connectivity index (χ0n) is 15.0. The summed E-state index contributed by atoms with van der Waals surface area (Å²) in [7, 11) is 0. The summed E-state index contributed by atoms with van der Waals surface area (Å²) >= 11 is 6.05. The summed E-state index contributed by atoms with van der Waals surface area (Å²) in [5.41, 5.74) is -0.628. The quantitative estimate of drug-likeness (QED) is 0.443. The van der Waals surface area contributed by atoms with E-state index >= 15 is 0 Å². The van der Waals surface area contributed by atoms with E-state index in [1.807, 2.05) is 0 Å². The molecule has 0 spiro atoms. The van der Waals surface area contributed by atoms with Gasteiger partial charge in [-0.25, -0.2) is 13.8 Å². The molecule has 152 valence electrons. The molecule has 1 fully saturated rings. The van der Waals surface area contributed by atoms with Gasteiger partial charge in [0, 0.05) is 29.6 Å². The van der Waals surface area contributed by atoms with Crippen LogP contribution in [0.25, 0.3) is 10.8 Å². The number of hydrogen-bond donors (Lipinski definition) is 1. The summed E-state index contributed by atoms with van der Waals surface area (Å²) in [6, 6.07) is 10.2. The van der Waals surface area contributed by atoms with E-state index in [1.165, 1.54) is 36.5 Å². The van der Waals surface area contributed by atoms with Crippen molar-refractivity contribution in [1.29, 1.82) is 0 Å². The summed E-state index contributed by atoms with van der Waals surface area (Å²) in [5.74, 6) is -4.01. The first kappa shape index (κ1) is 19.9. The number of benzene rings is 2. The van der Waals surface area contributed by atoms with E-state index in [1.54, 1.807) is 12.1 Å². The van der Waals surface area contributed by atoms with Gasteiger partial charge >= 0.3 is 6.18 Å². The van der Waals surface area contributed by atoms with Gasteiger partial charge in [0.1, 0.15) is 11.4 Å². The van der Waals surface area contributed by atoms with Gasteiger partial charge in [-0.15, -0.1) is 0 Å². The Kier molecular flexibility index (Phi) is 4.89. The van der Waals surface area contributed by atoms with E-state index < -0.39 is 23.6 Å². The topological polar surface area (TPSA) is 24.9 Å². The van der Waals surface area contributed by atoms with Crippen LogP contribution in [0, 0.1) is 5.92 Å². The van der Waals surface area contributed by atoms with Crippen LogP contribution in [0.2, 0.25) is 5.02 Å². The number of aromatic nitrogens is 1. The number of halogens is 6. The number of nitrogens with zero attached hydrogens (tertiary/aromatic N) is 1. The second kappa shape index (κ2) is 7.13. The molecule has 1 heterocycles. The Labute approximate surface area is 168 Å². The van der Waals surface area contributed by atoms with Gasteiger partial charge in [0.15, 0.2) is 0 Å². The summed E-state index contributed by atoms with van der Waals surface area (Å²) in [4.78, 5) is 3.91. The van der Waals surface area contributed by atoms with Crippen LogP contribution in [-0.2, 0) is 18.6 Å². The second-order valence-electron chi connectivity index (χ2n) is 7.13. The average Bonchev–Trinajstić information content (AvgIpc) is 3.50. The van der Waals surface area contributed by atoms with E-state index in [9.17, 15) is 22.0 Å². The van der Waals surface area contributed by atoms with Gasteiger partial charge in [-0.2, -0.15) is 13.2 Å². The molecular weight excluding hydrogens is 411 g/mol. The number of rotatable bonds is 5. The van der Waals surface area contributed by atoms with Crippen LogP contribution in [0.4, 0.5) is 27.8 Å². The first-order valence-electron chi connectivity index (χ1n) is 9.03. The summed E-state index contributed by atoms with van der Waals surface area (Å²) in [6.07, 6.45) is -2.33. The van der Waals surface area contributed by atoms with E-state index in [0.29, 0.717) is 23.8 Å². The lowest BCUT2D eigenvalue weighted by molar-refractivity contribution is -0.135. The van der Waals surface area contributed by atoms with Gasteiger partial charge < -0.3 is 5.32 Å².